The van der Waals surface area contributed by atoms with E-state index in [4.69, 9.17) is 5.73 Å². The molecule has 1 aromatic rings. The van der Waals surface area contributed by atoms with Crippen molar-refractivity contribution in [2.75, 3.05) is 6.54 Å². The molecule has 2 unspecified atom stereocenters. The minimum Gasteiger partial charge on any atom is -0.392 e. The van der Waals surface area contributed by atoms with Gasteiger partial charge in [0.25, 0.3) is 0 Å². The first kappa shape index (κ1) is 13.7. The Morgan fingerprint density at radius 2 is 2.12 bits per heavy atom. The van der Waals surface area contributed by atoms with E-state index in [1.54, 1.807) is 0 Å². The molecular weight excluding hydrogens is 266 g/mol. The zero-order valence-corrected chi connectivity index (χ0v) is 11.5. The lowest BCUT2D eigenvalue weighted by molar-refractivity contribution is 0.162. The lowest BCUT2D eigenvalue weighted by atomic mass is 9.90. The summed E-state index contributed by atoms with van der Waals surface area (Å²) in [5.74, 6) is 0.394. The van der Waals surface area contributed by atoms with Crippen LogP contribution in [0.25, 0.3) is 0 Å². The second kappa shape index (κ2) is 6.38. The Morgan fingerprint density at radius 3 is 2.62 bits per heavy atom. The quantitative estimate of drug-likeness (QED) is 0.874. The van der Waals surface area contributed by atoms with Crippen LogP contribution in [0.3, 0.4) is 0 Å². The van der Waals surface area contributed by atoms with E-state index in [2.05, 4.69) is 48.0 Å². The lowest BCUT2D eigenvalue weighted by Crippen LogP contribution is -2.22. The summed E-state index contributed by atoms with van der Waals surface area (Å²) in [5, 5.41) is 9.61. The van der Waals surface area contributed by atoms with Crippen molar-refractivity contribution in [1.82, 2.24) is 0 Å². The maximum absolute atomic E-state index is 9.61. The smallest absolute Gasteiger partial charge is 0.0668 e. The first-order valence-electron chi connectivity index (χ1n) is 5.72. The molecule has 16 heavy (non-hydrogen) atoms. The van der Waals surface area contributed by atoms with Gasteiger partial charge < -0.3 is 10.8 Å². The van der Waals surface area contributed by atoms with Gasteiger partial charge in [0.05, 0.1) is 6.10 Å². The van der Waals surface area contributed by atoms with Gasteiger partial charge in [0.15, 0.2) is 0 Å². The van der Waals surface area contributed by atoms with Gasteiger partial charge >= 0.3 is 0 Å². The van der Waals surface area contributed by atoms with E-state index in [9.17, 15) is 5.11 Å². The topological polar surface area (TPSA) is 46.2 Å². The number of aliphatic hydroxyl groups excluding tert-OH is 1. The Morgan fingerprint density at radius 1 is 1.44 bits per heavy atom. The van der Waals surface area contributed by atoms with Crippen molar-refractivity contribution in [1.29, 1.82) is 0 Å². The monoisotopic (exact) mass is 285 g/mol. The summed E-state index contributed by atoms with van der Waals surface area (Å²) < 4.78 is 1.13. The van der Waals surface area contributed by atoms with Crippen LogP contribution in [0, 0.1) is 6.92 Å². The van der Waals surface area contributed by atoms with Crippen LogP contribution in [0.2, 0.25) is 0 Å². The number of halogens is 1. The van der Waals surface area contributed by atoms with Gasteiger partial charge in [0, 0.05) is 11.0 Å². The van der Waals surface area contributed by atoms with Crippen molar-refractivity contribution in [3.63, 3.8) is 0 Å². The fourth-order valence-corrected chi connectivity index (χ4v) is 2.13. The molecule has 0 spiro atoms. The predicted molar refractivity (Wildman–Crippen MR) is 71.6 cm³/mol. The third-order valence-corrected chi connectivity index (χ3v) is 3.86. The zero-order valence-electron chi connectivity index (χ0n) is 9.91. The standard InChI is InChI=1S/C13H20BrNO/c1-3-10(7-12(16)8-15)11-4-5-13(14)9(2)6-11/h4-6,10,12,16H,3,7-8,15H2,1-2H3. The number of hydrogen-bond donors (Lipinski definition) is 2. The molecule has 0 saturated carbocycles. The largest absolute Gasteiger partial charge is 0.392 e. The van der Waals surface area contributed by atoms with Crippen LogP contribution in [-0.2, 0) is 0 Å². The van der Waals surface area contributed by atoms with Gasteiger partial charge in [0.1, 0.15) is 0 Å². The van der Waals surface area contributed by atoms with E-state index in [0.717, 1.165) is 17.3 Å². The predicted octanol–water partition coefficient (Wildman–Crippen LogP) is 2.96. The van der Waals surface area contributed by atoms with Crippen molar-refractivity contribution in [3.8, 4) is 0 Å². The molecule has 0 aliphatic heterocycles. The molecule has 0 saturated heterocycles. The van der Waals surface area contributed by atoms with Gasteiger partial charge in [-0.05, 0) is 42.9 Å². The Hall–Kier alpha value is -0.380. The van der Waals surface area contributed by atoms with Crippen molar-refractivity contribution in [2.45, 2.75) is 38.7 Å². The molecular formula is C13H20BrNO. The summed E-state index contributed by atoms with van der Waals surface area (Å²) in [6.07, 6.45) is 1.38. The third kappa shape index (κ3) is 3.58. The van der Waals surface area contributed by atoms with Gasteiger partial charge in [-0.1, -0.05) is 35.0 Å². The molecule has 0 heterocycles. The summed E-state index contributed by atoms with van der Waals surface area (Å²) in [5.41, 5.74) is 7.97. The van der Waals surface area contributed by atoms with Gasteiger partial charge in [-0.25, -0.2) is 0 Å². The molecule has 3 N–H and O–H groups in total. The molecule has 0 fully saturated rings. The van der Waals surface area contributed by atoms with E-state index in [0.29, 0.717) is 12.5 Å². The Bertz CT molecular complexity index is 341. The summed E-state index contributed by atoms with van der Waals surface area (Å²) in [4.78, 5) is 0. The molecule has 0 aliphatic carbocycles. The van der Waals surface area contributed by atoms with Crippen molar-refractivity contribution < 1.29 is 5.11 Å². The fourth-order valence-electron chi connectivity index (χ4n) is 1.88. The van der Waals surface area contributed by atoms with Crippen LogP contribution in [0.15, 0.2) is 22.7 Å². The minimum atomic E-state index is -0.395. The molecule has 1 aromatic carbocycles. The van der Waals surface area contributed by atoms with Gasteiger partial charge in [-0.2, -0.15) is 0 Å². The van der Waals surface area contributed by atoms with Crippen molar-refractivity contribution in [2.24, 2.45) is 5.73 Å². The van der Waals surface area contributed by atoms with Gasteiger partial charge in [-0.15, -0.1) is 0 Å². The second-order valence-corrected chi connectivity index (χ2v) is 5.09. The van der Waals surface area contributed by atoms with Crippen molar-refractivity contribution >= 4 is 15.9 Å². The number of nitrogens with two attached hydrogens (primary N) is 1. The normalized spacial score (nSPS) is 14.8. The summed E-state index contributed by atoms with van der Waals surface area (Å²) in [6, 6.07) is 6.37. The van der Waals surface area contributed by atoms with Crippen LogP contribution in [-0.4, -0.2) is 17.8 Å². The maximum atomic E-state index is 9.61. The van der Waals surface area contributed by atoms with E-state index in [1.807, 2.05) is 0 Å². The summed E-state index contributed by atoms with van der Waals surface area (Å²) >= 11 is 3.50. The van der Waals surface area contributed by atoms with Crippen LogP contribution in [0.4, 0.5) is 0 Å². The van der Waals surface area contributed by atoms with Crippen LogP contribution < -0.4 is 5.73 Å². The molecule has 2 nitrogen and oxygen atoms in total. The Balaban J connectivity index is 2.82. The number of rotatable bonds is 5. The van der Waals surface area contributed by atoms with Crippen LogP contribution >= 0.6 is 15.9 Å². The number of aryl methyl sites for hydroxylation is 1. The molecule has 0 aromatic heterocycles. The van der Waals surface area contributed by atoms with E-state index < -0.39 is 6.10 Å². The number of hydrogen-bond acceptors (Lipinski definition) is 2. The molecule has 90 valence electrons. The average molecular weight is 286 g/mol. The van der Waals surface area contributed by atoms with Crippen LogP contribution in [0.5, 0.6) is 0 Å². The molecule has 0 bridgehead atoms. The van der Waals surface area contributed by atoms with Gasteiger partial charge in [-0.3, -0.25) is 0 Å². The van der Waals surface area contributed by atoms with E-state index in [1.165, 1.54) is 11.1 Å². The van der Waals surface area contributed by atoms with Crippen LogP contribution in [0.1, 0.15) is 36.8 Å². The van der Waals surface area contributed by atoms with E-state index in [-0.39, 0.29) is 0 Å². The molecule has 2 atom stereocenters. The Labute approximate surface area is 106 Å². The zero-order chi connectivity index (χ0) is 12.1. The van der Waals surface area contributed by atoms with Crippen molar-refractivity contribution in [3.05, 3.63) is 33.8 Å². The second-order valence-electron chi connectivity index (χ2n) is 4.24. The van der Waals surface area contributed by atoms with Gasteiger partial charge in [0.2, 0.25) is 0 Å². The molecule has 0 aliphatic rings. The molecule has 0 radical (unpaired) electrons. The first-order chi connectivity index (χ1) is 7.58. The maximum Gasteiger partial charge on any atom is 0.0668 e. The SMILES string of the molecule is CCC(CC(O)CN)c1ccc(Br)c(C)c1. The lowest BCUT2D eigenvalue weighted by Gasteiger charge is -2.19. The first-order valence-corrected chi connectivity index (χ1v) is 6.52. The number of aliphatic hydroxyl groups is 1. The van der Waals surface area contributed by atoms with E-state index >= 15 is 0 Å². The minimum absolute atomic E-state index is 0.339. The average Bonchev–Trinajstić information content (AvgIpc) is 2.29. The molecule has 3 heteroatoms. The number of benzene rings is 1. The summed E-state index contributed by atoms with van der Waals surface area (Å²) in [7, 11) is 0. The Kier molecular flexibility index (Phi) is 5.46. The molecule has 1 rings (SSSR count). The highest BCUT2D eigenvalue weighted by molar-refractivity contribution is 9.10. The highest BCUT2D eigenvalue weighted by atomic mass is 79.9. The third-order valence-electron chi connectivity index (χ3n) is 2.97. The molecule has 0 amide bonds. The fraction of sp³-hybridized carbons (Fsp3) is 0.538. The summed E-state index contributed by atoms with van der Waals surface area (Å²) in [6.45, 7) is 4.57. The highest BCUT2D eigenvalue weighted by Crippen LogP contribution is 2.27. The highest BCUT2D eigenvalue weighted by Gasteiger charge is 2.14.